The Morgan fingerprint density at radius 1 is 1.47 bits per heavy atom. The molecule has 1 heterocycles. The van der Waals surface area contributed by atoms with Crippen molar-refractivity contribution >= 4 is 11.6 Å². The van der Waals surface area contributed by atoms with Crippen molar-refractivity contribution in [2.75, 3.05) is 32.9 Å². The minimum Gasteiger partial charge on any atom is -0.395 e. The number of nitrogen functional groups attached to an aromatic ring is 1. The van der Waals surface area contributed by atoms with Crippen LogP contribution in [0.25, 0.3) is 0 Å². The third kappa shape index (κ3) is 3.96. The highest BCUT2D eigenvalue weighted by atomic mass is 16.2. The van der Waals surface area contributed by atoms with Crippen molar-refractivity contribution in [1.29, 1.82) is 0 Å². The number of carbonyl (C=O) groups is 1. The molecule has 1 aromatic rings. The number of carbonyl (C=O) groups excluding carboxylic acids is 1. The van der Waals surface area contributed by atoms with Gasteiger partial charge in [0.1, 0.15) is 5.69 Å². The summed E-state index contributed by atoms with van der Waals surface area (Å²) < 4.78 is 1.53. The van der Waals surface area contributed by atoms with Crippen LogP contribution in [0, 0.1) is 12.3 Å². The maximum absolute atomic E-state index is 12.2. The van der Waals surface area contributed by atoms with Gasteiger partial charge in [0.05, 0.1) is 11.4 Å². The van der Waals surface area contributed by atoms with Crippen molar-refractivity contribution < 1.29 is 4.79 Å². The highest BCUT2D eigenvalue weighted by Gasteiger charge is 2.23. The fraction of sp³-hybridized carbons (Fsp3) is 0.692. The Hall–Kier alpha value is -1.56. The molecule has 0 aromatic carbocycles. The van der Waals surface area contributed by atoms with Gasteiger partial charge in [-0.05, 0) is 26.4 Å². The van der Waals surface area contributed by atoms with E-state index in [1.807, 2.05) is 14.1 Å². The lowest BCUT2D eigenvalue weighted by Gasteiger charge is -2.28. The lowest BCUT2D eigenvalue weighted by atomic mass is 9.93. The average molecular weight is 267 g/mol. The van der Waals surface area contributed by atoms with Crippen molar-refractivity contribution in [2.45, 2.75) is 20.8 Å². The Kier molecular flexibility index (Phi) is 4.57. The molecule has 1 amide bonds. The topological polar surface area (TPSA) is 76.2 Å². The van der Waals surface area contributed by atoms with Gasteiger partial charge in [-0.15, -0.1) is 0 Å². The van der Waals surface area contributed by atoms with Crippen molar-refractivity contribution in [3.05, 3.63) is 11.4 Å². The summed E-state index contributed by atoms with van der Waals surface area (Å²) in [7, 11) is 5.77. The van der Waals surface area contributed by atoms with Crippen LogP contribution in [0.1, 0.15) is 30.0 Å². The van der Waals surface area contributed by atoms with Gasteiger partial charge in [0.2, 0.25) is 0 Å². The van der Waals surface area contributed by atoms with Gasteiger partial charge in [-0.2, -0.15) is 5.10 Å². The first-order valence-electron chi connectivity index (χ1n) is 6.36. The van der Waals surface area contributed by atoms with Gasteiger partial charge >= 0.3 is 0 Å². The summed E-state index contributed by atoms with van der Waals surface area (Å²) in [6, 6.07) is 0. The minimum absolute atomic E-state index is 0.00155. The zero-order valence-corrected chi connectivity index (χ0v) is 12.7. The molecule has 1 rings (SSSR count). The fourth-order valence-corrected chi connectivity index (χ4v) is 2.26. The standard InChI is InChI=1S/C13H25N5O/c1-9-10(14)11(18(6)16-9)12(19)15-7-13(2,3)8-17(4)5/h7-8,14H2,1-6H3,(H,15,19). The maximum atomic E-state index is 12.2. The molecule has 1 aromatic heterocycles. The van der Waals surface area contributed by atoms with E-state index >= 15 is 0 Å². The predicted molar refractivity (Wildman–Crippen MR) is 77.0 cm³/mol. The summed E-state index contributed by atoms with van der Waals surface area (Å²) >= 11 is 0. The van der Waals surface area contributed by atoms with E-state index in [-0.39, 0.29) is 11.3 Å². The quantitative estimate of drug-likeness (QED) is 0.820. The SMILES string of the molecule is Cc1nn(C)c(C(=O)NCC(C)(C)CN(C)C)c1N. The second-order valence-corrected chi connectivity index (χ2v) is 6.06. The molecule has 0 fully saturated rings. The number of nitrogens with two attached hydrogens (primary N) is 1. The molecule has 0 saturated heterocycles. The zero-order valence-electron chi connectivity index (χ0n) is 12.7. The van der Waals surface area contributed by atoms with Crippen LogP contribution in [0.5, 0.6) is 0 Å². The van der Waals surface area contributed by atoms with Crippen LogP contribution in [0.15, 0.2) is 0 Å². The van der Waals surface area contributed by atoms with E-state index in [1.165, 1.54) is 4.68 Å². The molecule has 3 N–H and O–H groups in total. The Balaban J connectivity index is 2.71. The van der Waals surface area contributed by atoms with Crippen LogP contribution in [-0.2, 0) is 7.05 Å². The van der Waals surface area contributed by atoms with E-state index in [0.717, 1.165) is 6.54 Å². The third-order valence-electron chi connectivity index (χ3n) is 2.96. The van der Waals surface area contributed by atoms with Crippen molar-refractivity contribution in [3.63, 3.8) is 0 Å². The Morgan fingerprint density at radius 2 is 2.05 bits per heavy atom. The van der Waals surface area contributed by atoms with Crippen LogP contribution < -0.4 is 11.1 Å². The Labute approximate surface area is 114 Å². The summed E-state index contributed by atoms with van der Waals surface area (Å²) in [4.78, 5) is 14.3. The average Bonchev–Trinajstić information content (AvgIpc) is 2.48. The van der Waals surface area contributed by atoms with Gasteiger partial charge in [0.25, 0.3) is 5.91 Å². The van der Waals surface area contributed by atoms with E-state index in [2.05, 4.69) is 29.2 Å². The monoisotopic (exact) mass is 267 g/mol. The number of aromatic nitrogens is 2. The smallest absolute Gasteiger partial charge is 0.271 e. The fourth-order valence-electron chi connectivity index (χ4n) is 2.26. The molecule has 6 nitrogen and oxygen atoms in total. The number of amides is 1. The molecule has 0 atom stereocenters. The van der Waals surface area contributed by atoms with E-state index in [1.54, 1.807) is 14.0 Å². The number of aryl methyl sites for hydroxylation is 2. The second kappa shape index (κ2) is 5.61. The second-order valence-electron chi connectivity index (χ2n) is 6.06. The zero-order chi connectivity index (χ0) is 14.8. The van der Waals surface area contributed by atoms with Crippen molar-refractivity contribution in [2.24, 2.45) is 12.5 Å². The molecule has 0 aliphatic heterocycles. The normalized spacial score (nSPS) is 11.9. The van der Waals surface area contributed by atoms with Gasteiger partial charge in [-0.25, -0.2) is 0 Å². The van der Waals surface area contributed by atoms with E-state index in [4.69, 9.17) is 5.73 Å². The summed E-state index contributed by atoms with van der Waals surface area (Å²) in [5.74, 6) is -0.174. The summed E-state index contributed by atoms with van der Waals surface area (Å²) in [5, 5.41) is 7.08. The molecule has 0 aliphatic carbocycles. The maximum Gasteiger partial charge on any atom is 0.271 e. The highest BCUT2D eigenvalue weighted by Crippen LogP contribution is 2.17. The molecule has 19 heavy (non-hydrogen) atoms. The molecular formula is C13H25N5O. The Bertz CT molecular complexity index is 462. The van der Waals surface area contributed by atoms with Crippen molar-refractivity contribution in [3.8, 4) is 0 Å². The lowest BCUT2D eigenvalue weighted by Crippen LogP contribution is -2.40. The largest absolute Gasteiger partial charge is 0.395 e. The molecule has 0 unspecified atom stereocenters. The van der Waals surface area contributed by atoms with E-state index in [9.17, 15) is 4.79 Å². The molecule has 0 spiro atoms. The number of nitrogens with zero attached hydrogens (tertiary/aromatic N) is 3. The van der Waals surface area contributed by atoms with Crippen LogP contribution in [-0.4, -0.2) is 47.8 Å². The molecule has 0 saturated carbocycles. The predicted octanol–water partition coefficient (Wildman–Crippen LogP) is 0.628. The molecule has 108 valence electrons. The van der Waals surface area contributed by atoms with Crippen LogP contribution >= 0.6 is 0 Å². The number of hydrogen-bond acceptors (Lipinski definition) is 4. The van der Waals surface area contributed by atoms with Crippen LogP contribution in [0.3, 0.4) is 0 Å². The molecule has 0 bridgehead atoms. The number of nitrogens with one attached hydrogen (secondary N) is 1. The first kappa shape index (κ1) is 15.5. The third-order valence-corrected chi connectivity index (χ3v) is 2.96. The van der Waals surface area contributed by atoms with Crippen LogP contribution in [0.4, 0.5) is 5.69 Å². The van der Waals surface area contributed by atoms with E-state index in [0.29, 0.717) is 23.6 Å². The number of anilines is 1. The summed E-state index contributed by atoms with van der Waals surface area (Å²) in [6.07, 6.45) is 0. The first-order chi connectivity index (χ1) is 8.64. The molecular weight excluding hydrogens is 242 g/mol. The first-order valence-corrected chi connectivity index (χ1v) is 6.36. The Morgan fingerprint density at radius 3 is 2.47 bits per heavy atom. The summed E-state index contributed by atoms with van der Waals surface area (Å²) in [5.41, 5.74) is 7.43. The summed E-state index contributed by atoms with van der Waals surface area (Å²) in [6.45, 7) is 7.51. The van der Waals surface area contributed by atoms with Crippen molar-refractivity contribution in [1.82, 2.24) is 20.0 Å². The van der Waals surface area contributed by atoms with Gasteiger partial charge in [-0.3, -0.25) is 9.48 Å². The number of rotatable bonds is 5. The van der Waals surface area contributed by atoms with Gasteiger partial charge in [0.15, 0.2) is 0 Å². The molecule has 0 aliphatic rings. The lowest BCUT2D eigenvalue weighted by molar-refractivity contribution is 0.0920. The van der Waals surface area contributed by atoms with Gasteiger partial charge in [-0.1, -0.05) is 13.8 Å². The van der Waals surface area contributed by atoms with Gasteiger partial charge in [0, 0.05) is 20.1 Å². The van der Waals surface area contributed by atoms with Crippen LogP contribution in [0.2, 0.25) is 0 Å². The number of hydrogen-bond donors (Lipinski definition) is 2. The molecule has 6 heteroatoms. The highest BCUT2D eigenvalue weighted by molar-refractivity contribution is 5.97. The van der Waals surface area contributed by atoms with E-state index < -0.39 is 0 Å². The minimum atomic E-state index is -0.174. The molecule has 0 radical (unpaired) electrons. The van der Waals surface area contributed by atoms with Gasteiger partial charge < -0.3 is 16.0 Å².